The Bertz CT molecular complexity index is 1500. The smallest absolute Gasteiger partial charge is 0.361 e. The van der Waals surface area contributed by atoms with Crippen molar-refractivity contribution >= 4 is 17.9 Å². The molecule has 0 aliphatic carbocycles. The van der Waals surface area contributed by atoms with Crippen LogP contribution < -0.4 is 0 Å². The van der Waals surface area contributed by atoms with E-state index in [1.54, 1.807) is 0 Å². The van der Waals surface area contributed by atoms with Crippen LogP contribution in [0.1, 0.15) is 438 Å². The molecule has 0 saturated carbocycles. The Morgan fingerprint density at radius 2 is 0.560 bits per heavy atom. The van der Waals surface area contributed by atoms with Crippen molar-refractivity contribution in [1.82, 2.24) is 0 Å². The summed E-state index contributed by atoms with van der Waals surface area (Å²) in [4.78, 5) is 37.7. The number of rotatable bonds is 78. The number of carboxylic acids is 1. The molecule has 9 heteroatoms. The summed E-state index contributed by atoms with van der Waals surface area (Å²) in [5, 5.41) is 9.77. The van der Waals surface area contributed by atoms with E-state index in [4.69, 9.17) is 18.9 Å². The normalized spacial score (nSPS) is 12.6. The molecule has 0 aromatic carbocycles. The minimum Gasteiger partial charge on any atom is -0.477 e. The zero-order chi connectivity index (χ0) is 66.1. The molecular weight excluding hydrogens is 1130 g/mol. The van der Waals surface area contributed by atoms with Gasteiger partial charge in [0.1, 0.15) is 13.2 Å². The van der Waals surface area contributed by atoms with Gasteiger partial charge in [0.05, 0.1) is 34.4 Å². The van der Waals surface area contributed by atoms with E-state index < -0.39 is 18.4 Å². The molecule has 540 valence electrons. The van der Waals surface area contributed by atoms with Crippen LogP contribution in [0.15, 0.2) is 12.2 Å². The van der Waals surface area contributed by atoms with E-state index in [2.05, 4.69) is 26.0 Å². The van der Waals surface area contributed by atoms with Gasteiger partial charge in [0.2, 0.25) is 0 Å². The van der Waals surface area contributed by atoms with Crippen LogP contribution in [0, 0.1) is 0 Å². The Balaban J connectivity index is 3.94. The van der Waals surface area contributed by atoms with E-state index in [0.717, 1.165) is 38.5 Å². The van der Waals surface area contributed by atoms with Crippen LogP contribution >= 0.6 is 0 Å². The zero-order valence-electron chi connectivity index (χ0n) is 62.1. The van der Waals surface area contributed by atoms with E-state index in [1.807, 2.05) is 21.1 Å². The summed E-state index contributed by atoms with van der Waals surface area (Å²) in [6.07, 6.45) is 89.6. The third-order valence-corrected chi connectivity index (χ3v) is 19.0. The summed E-state index contributed by atoms with van der Waals surface area (Å²) in [5.41, 5.74) is 0. The number of ether oxygens (including phenoxy) is 4. The lowest BCUT2D eigenvalue weighted by Gasteiger charge is -2.25. The Morgan fingerprint density at radius 1 is 0.319 bits per heavy atom. The largest absolute Gasteiger partial charge is 0.477 e. The predicted molar refractivity (Wildman–Crippen MR) is 392 cm³/mol. The lowest BCUT2D eigenvalue weighted by Crippen LogP contribution is -2.40. The number of likely N-dealkylation sites (N-methyl/N-ethyl adjacent to an activating group) is 1. The fraction of sp³-hybridized carbons (Fsp3) is 0.939. The van der Waals surface area contributed by atoms with E-state index in [1.165, 1.54) is 372 Å². The highest BCUT2D eigenvalue weighted by Gasteiger charge is 2.25. The van der Waals surface area contributed by atoms with Gasteiger partial charge in [-0.2, -0.15) is 0 Å². The van der Waals surface area contributed by atoms with Crippen LogP contribution in [0.4, 0.5) is 0 Å². The first-order valence-corrected chi connectivity index (χ1v) is 40.9. The maximum atomic E-state index is 13.0. The highest BCUT2D eigenvalue weighted by molar-refractivity contribution is 5.71. The molecule has 91 heavy (non-hydrogen) atoms. The molecule has 0 aromatic rings. The SMILES string of the molecule is CCCCCCCCCC/C=C\CCCCCCCCCCCCCCCCCCCCCC(=O)OC(COC(=O)CCCCCCCCCCCCCCCCCCCCCCCCCCCCCCCCCCCCC)COC(OCC[N+](C)(C)C)C(=O)O. The Morgan fingerprint density at radius 3 is 0.813 bits per heavy atom. The Hall–Kier alpha value is -1.97. The summed E-state index contributed by atoms with van der Waals surface area (Å²) in [5.74, 6) is -1.96. The second kappa shape index (κ2) is 73.8. The number of aliphatic carboxylic acids is 1. The quantitative estimate of drug-likeness (QED) is 0.0211. The molecule has 0 aromatic heterocycles. The van der Waals surface area contributed by atoms with Gasteiger partial charge >= 0.3 is 17.9 Å². The number of carboxylic acid groups (broad SMARTS) is 1. The fourth-order valence-electron chi connectivity index (χ4n) is 12.8. The number of hydrogen-bond acceptors (Lipinski definition) is 7. The molecule has 1 N–H and O–H groups in total. The minimum atomic E-state index is -1.51. The van der Waals surface area contributed by atoms with Gasteiger partial charge in [-0.1, -0.05) is 398 Å². The molecule has 0 aliphatic heterocycles. The van der Waals surface area contributed by atoms with Crippen molar-refractivity contribution in [2.75, 3.05) is 47.5 Å². The zero-order valence-corrected chi connectivity index (χ0v) is 62.1. The first-order valence-electron chi connectivity index (χ1n) is 40.9. The minimum absolute atomic E-state index is 0.173. The fourth-order valence-corrected chi connectivity index (χ4v) is 12.8. The number of hydrogen-bond donors (Lipinski definition) is 1. The molecule has 0 rings (SSSR count). The summed E-state index contributed by atoms with van der Waals surface area (Å²) in [7, 11) is 6.00. The second-order valence-corrected chi connectivity index (χ2v) is 29.4. The number of unbranched alkanes of at least 4 members (excludes halogenated alkanes) is 61. The molecule has 0 spiro atoms. The number of carbonyl (C=O) groups excluding carboxylic acids is 2. The van der Waals surface area contributed by atoms with Crippen LogP contribution in [0.5, 0.6) is 0 Å². The third-order valence-electron chi connectivity index (χ3n) is 19.0. The summed E-state index contributed by atoms with van der Waals surface area (Å²) >= 11 is 0. The van der Waals surface area contributed by atoms with Gasteiger partial charge < -0.3 is 28.5 Å². The second-order valence-electron chi connectivity index (χ2n) is 29.4. The van der Waals surface area contributed by atoms with Crippen molar-refractivity contribution in [3.63, 3.8) is 0 Å². The van der Waals surface area contributed by atoms with E-state index in [-0.39, 0.29) is 38.2 Å². The van der Waals surface area contributed by atoms with Gasteiger partial charge in [-0.15, -0.1) is 0 Å². The lowest BCUT2D eigenvalue weighted by atomic mass is 10.0. The molecule has 0 bridgehead atoms. The van der Waals surface area contributed by atoms with Crippen LogP contribution in [-0.4, -0.2) is 87.4 Å². The molecular formula is C82H160NO8+. The average molecular weight is 1290 g/mol. The number of esters is 2. The molecule has 2 unspecified atom stereocenters. The van der Waals surface area contributed by atoms with E-state index >= 15 is 0 Å². The molecule has 0 fully saturated rings. The topological polar surface area (TPSA) is 108 Å². The van der Waals surface area contributed by atoms with E-state index in [9.17, 15) is 19.5 Å². The number of quaternary nitrogens is 1. The Labute approximate surface area is 567 Å². The first kappa shape index (κ1) is 89.0. The molecule has 0 aliphatic rings. The van der Waals surface area contributed by atoms with Crippen molar-refractivity contribution in [1.29, 1.82) is 0 Å². The molecule has 0 radical (unpaired) electrons. The number of carbonyl (C=O) groups is 3. The molecule has 9 nitrogen and oxygen atoms in total. The summed E-state index contributed by atoms with van der Waals surface area (Å²) in [6, 6.07) is 0. The summed E-state index contributed by atoms with van der Waals surface area (Å²) in [6.45, 7) is 4.98. The maximum Gasteiger partial charge on any atom is 0.361 e. The molecule has 0 amide bonds. The highest BCUT2D eigenvalue weighted by Crippen LogP contribution is 2.21. The lowest BCUT2D eigenvalue weighted by molar-refractivity contribution is -0.870. The van der Waals surface area contributed by atoms with E-state index in [0.29, 0.717) is 17.4 Å². The Kier molecular flexibility index (Phi) is 72.2. The average Bonchev–Trinajstić information content (AvgIpc) is 3.65. The van der Waals surface area contributed by atoms with Gasteiger partial charge in [0, 0.05) is 12.8 Å². The first-order chi connectivity index (χ1) is 44.6. The van der Waals surface area contributed by atoms with Crippen LogP contribution in [-0.2, 0) is 33.3 Å². The van der Waals surface area contributed by atoms with Gasteiger partial charge in [-0.25, -0.2) is 4.79 Å². The van der Waals surface area contributed by atoms with Gasteiger partial charge in [0.15, 0.2) is 6.10 Å². The van der Waals surface area contributed by atoms with Crippen LogP contribution in [0.2, 0.25) is 0 Å². The van der Waals surface area contributed by atoms with Gasteiger partial charge in [0.25, 0.3) is 6.29 Å². The van der Waals surface area contributed by atoms with Crippen LogP contribution in [0.3, 0.4) is 0 Å². The van der Waals surface area contributed by atoms with Crippen LogP contribution in [0.25, 0.3) is 0 Å². The monoisotopic (exact) mass is 1290 g/mol. The standard InChI is InChI=1S/C82H159NO8/c1-6-8-10-12-14-16-18-20-22-24-26-28-30-32-34-36-38-39-40-41-43-44-46-48-50-52-54-56-58-60-62-64-66-68-70-72-79(84)89-76-78(77-90-82(81(86)87)88-75-74-83(3,4)5)91-80(85)73-71-69-67-65-63-61-59-57-55-53-51-49-47-45-42-37-35-33-31-29-27-25-23-21-19-17-15-13-11-9-7-2/h25,27,78,82H,6-24,26,28-77H2,1-5H3/p+1/b27-25-. The third kappa shape index (κ3) is 75.3. The number of nitrogens with zero attached hydrogens (tertiary/aromatic N) is 1. The van der Waals surface area contributed by atoms with Crippen molar-refractivity contribution in [3.8, 4) is 0 Å². The number of allylic oxidation sites excluding steroid dienone is 2. The predicted octanol–water partition coefficient (Wildman–Crippen LogP) is 25.9. The van der Waals surface area contributed by atoms with Crippen molar-refractivity contribution in [2.45, 2.75) is 450 Å². The van der Waals surface area contributed by atoms with Crippen molar-refractivity contribution in [2.24, 2.45) is 0 Å². The molecule has 2 atom stereocenters. The summed E-state index contributed by atoms with van der Waals surface area (Å²) < 4.78 is 23.1. The highest BCUT2D eigenvalue weighted by atomic mass is 16.7. The van der Waals surface area contributed by atoms with Crippen molar-refractivity contribution < 1.29 is 42.9 Å². The molecule has 0 saturated heterocycles. The maximum absolute atomic E-state index is 13.0. The molecule has 0 heterocycles. The van der Waals surface area contributed by atoms with Crippen molar-refractivity contribution in [3.05, 3.63) is 12.2 Å². The van der Waals surface area contributed by atoms with Gasteiger partial charge in [-0.3, -0.25) is 9.59 Å². The van der Waals surface area contributed by atoms with Gasteiger partial charge in [-0.05, 0) is 38.5 Å².